The van der Waals surface area contributed by atoms with Crippen molar-refractivity contribution in [3.05, 3.63) is 58.2 Å². The largest absolute Gasteiger partial charge is 0.462 e. The summed E-state index contributed by atoms with van der Waals surface area (Å²) in [5.74, 6) is -0.391. The summed E-state index contributed by atoms with van der Waals surface area (Å²) >= 11 is 7.33. The third-order valence-corrected chi connectivity index (χ3v) is 5.20. The highest BCUT2D eigenvalue weighted by atomic mass is 35.5. The zero-order valence-electron chi connectivity index (χ0n) is 14.6. The first-order valence-corrected chi connectivity index (χ1v) is 9.53. The van der Waals surface area contributed by atoms with Gasteiger partial charge in [-0.25, -0.2) is 19.3 Å². The highest BCUT2D eigenvalue weighted by Crippen LogP contribution is 2.36. The quantitative estimate of drug-likeness (QED) is 0.467. The van der Waals surface area contributed by atoms with Gasteiger partial charge in [-0.05, 0) is 26.0 Å². The summed E-state index contributed by atoms with van der Waals surface area (Å²) in [6.45, 7) is 3.96. The normalized spacial score (nSPS) is 11.1. The first-order chi connectivity index (χ1) is 13.1. The van der Waals surface area contributed by atoms with E-state index in [1.165, 1.54) is 11.3 Å². The fraction of sp³-hybridized carbons (Fsp3) is 0.158. The van der Waals surface area contributed by atoms with E-state index in [2.05, 4.69) is 10.1 Å². The van der Waals surface area contributed by atoms with Crippen LogP contribution in [0.1, 0.15) is 22.3 Å². The van der Waals surface area contributed by atoms with Crippen LogP contribution in [0.2, 0.25) is 5.15 Å². The van der Waals surface area contributed by atoms with E-state index in [1.54, 1.807) is 23.6 Å². The molecule has 0 atom stereocenters. The molecule has 0 fully saturated rings. The second-order valence-electron chi connectivity index (χ2n) is 5.76. The van der Waals surface area contributed by atoms with Gasteiger partial charge in [0, 0.05) is 5.56 Å². The minimum Gasteiger partial charge on any atom is -0.462 e. The molecule has 4 aromatic rings. The van der Waals surface area contributed by atoms with Crippen LogP contribution in [0.25, 0.3) is 27.6 Å². The van der Waals surface area contributed by atoms with Crippen molar-refractivity contribution in [1.82, 2.24) is 19.6 Å². The number of aromatic nitrogens is 4. The van der Waals surface area contributed by atoms with E-state index >= 15 is 0 Å². The van der Waals surface area contributed by atoms with Crippen molar-refractivity contribution in [3.8, 4) is 22.0 Å². The second-order valence-corrected chi connectivity index (χ2v) is 7.14. The minimum absolute atomic E-state index is 0.298. The Morgan fingerprint density at radius 2 is 1.96 bits per heavy atom. The number of halogens is 1. The number of esters is 1. The van der Waals surface area contributed by atoms with Crippen molar-refractivity contribution in [2.24, 2.45) is 0 Å². The van der Waals surface area contributed by atoms with Gasteiger partial charge in [0.05, 0.1) is 18.0 Å². The molecule has 8 heteroatoms. The lowest BCUT2D eigenvalue weighted by Gasteiger charge is -2.01. The number of carbonyl (C=O) groups excluding carboxylic acids is 1. The Morgan fingerprint density at radius 3 is 2.70 bits per heavy atom. The predicted molar refractivity (Wildman–Crippen MR) is 105 cm³/mol. The lowest BCUT2D eigenvalue weighted by molar-refractivity contribution is 0.0532. The topological polar surface area (TPSA) is 69.4 Å². The maximum Gasteiger partial charge on any atom is 0.350 e. The van der Waals surface area contributed by atoms with Crippen molar-refractivity contribution in [2.45, 2.75) is 13.8 Å². The van der Waals surface area contributed by atoms with Crippen molar-refractivity contribution >= 4 is 34.6 Å². The van der Waals surface area contributed by atoms with Gasteiger partial charge in [-0.3, -0.25) is 0 Å². The molecule has 6 nitrogen and oxygen atoms in total. The SMILES string of the molecule is CCOC(=O)c1sc(-c2c(C)nc3ccc(Cl)nn23)nc1-c1ccccc1. The fourth-order valence-corrected chi connectivity index (χ4v) is 4.02. The van der Waals surface area contributed by atoms with Crippen LogP contribution in [0.4, 0.5) is 0 Å². The van der Waals surface area contributed by atoms with Gasteiger partial charge in [-0.2, -0.15) is 5.10 Å². The summed E-state index contributed by atoms with van der Waals surface area (Å²) in [6.07, 6.45) is 0. The molecule has 0 saturated carbocycles. The van der Waals surface area contributed by atoms with E-state index in [-0.39, 0.29) is 0 Å². The highest BCUT2D eigenvalue weighted by Gasteiger charge is 2.24. The van der Waals surface area contributed by atoms with Gasteiger partial charge in [-0.1, -0.05) is 41.9 Å². The Kier molecular flexibility index (Phi) is 4.63. The Bertz CT molecular complexity index is 1140. The van der Waals surface area contributed by atoms with Gasteiger partial charge in [-0.15, -0.1) is 11.3 Å². The van der Waals surface area contributed by atoms with Crippen LogP contribution in [0.15, 0.2) is 42.5 Å². The number of nitrogens with zero attached hydrogens (tertiary/aromatic N) is 4. The number of rotatable bonds is 4. The molecule has 0 saturated heterocycles. The van der Waals surface area contributed by atoms with Crippen LogP contribution in [-0.2, 0) is 4.74 Å². The van der Waals surface area contributed by atoms with E-state index in [0.717, 1.165) is 11.3 Å². The van der Waals surface area contributed by atoms with Gasteiger partial charge >= 0.3 is 5.97 Å². The van der Waals surface area contributed by atoms with E-state index in [9.17, 15) is 4.79 Å². The Balaban J connectivity index is 1.94. The summed E-state index contributed by atoms with van der Waals surface area (Å²) in [5.41, 5.74) is 3.57. The summed E-state index contributed by atoms with van der Waals surface area (Å²) in [4.78, 5) is 22.2. The number of hydrogen-bond acceptors (Lipinski definition) is 6. The lowest BCUT2D eigenvalue weighted by Crippen LogP contribution is -2.03. The number of carbonyl (C=O) groups is 1. The first kappa shape index (κ1) is 17.6. The van der Waals surface area contributed by atoms with Crippen LogP contribution in [-0.4, -0.2) is 32.2 Å². The van der Waals surface area contributed by atoms with Crippen molar-refractivity contribution in [2.75, 3.05) is 6.61 Å². The van der Waals surface area contributed by atoms with E-state index in [1.807, 2.05) is 37.3 Å². The van der Waals surface area contributed by atoms with Crippen molar-refractivity contribution in [3.63, 3.8) is 0 Å². The number of hydrogen-bond donors (Lipinski definition) is 0. The monoisotopic (exact) mass is 398 g/mol. The maximum atomic E-state index is 12.5. The number of aryl methyl sites for hydroxylation is 1. The summed E-state index contributed by atoms with van der Waals surface area (Å²) in [6, 6.07) is 13.0. The number of benzene rings is 1. The van der Waals surface area contributed by atoms with E-state index in [4.69, 9.17) is 21.3 Å². The molecular formula is C19H15ClN4O2S. The highest BCUT2D eigenvalue weighted by molar-refractivity contribution is 7.17. The molecule has 0 N–H and O–H groups in total. The van der Waals surface area contributed by atoms with Crippen LogP contribution in [0.5, 0.6) is 0 Å². The zero-order chi connectivity index (χ0) is 19.0. The fourth-order valence-electron chi connectivity index (χ4n) is 2.81. The molecule has 0 bridgehead atoms. The summed E-state index contributed by atoms with van der Waals surface area (Å²) in [7, 11) is 0. The van der Waals surface area contributed by atoms with Crippen LogP contribution < -0.4 is 0 Å². The molecule has 0 aliphatic carbocycles. The molecule has 1 aromatic carbocycles. The second kappa shape index (κ2) is 7.09. The Labute approximate surface area is 164 Å². The zero-order valence-corrected chi connectivity index (χ0v) is 16.2. The molecule has 3 aromatic heterocycles. The lowest BCUT2D eigenvalue weighted by atomic mass is 10.1. The predicted octanol–water partition coefficient (Wildman–Crippen LogP) is 4.66. The molecule has 0 unspecified atom stereocenters. The summed E-state index contributed by atoms with van der Waals surface area (Å²) < 4.78 is 6.88. The van der Waals surface area contributed by atoms with Gasteiger partial charge in [0.2, 0.25) is 0 Å². The third kappa shape index (κ3) is 3.20. The van der Waals surface area contributed by atoms with Crippen molar-refractivity contribution < 1.29 is 9.53 Å². The Morgan fingerprint density at radius 1 is 1.19 bits per heavy atom. The average Bonchev–Trinajstić information content (AvgIpc) is 3.23. The van der Waals surface area contributed by atoms with Crippen LogP contribution in [0.3, 0.4) is 0 Å². The molecule has 0 amide bonds. The van der Waals surface area contributed by atoms with Crippen LogP contribution >= 0.6 is 22.9 Å². The smallest absolute Gasteiger partial charge is 0.350 e. The van der Waals surface area contributed by atoms with Crippen LogP contribution in [0, 0.1) is 6.92 Å². The average molecular weight is 399 g/mol. The van der Waals surface area contributed by atoms with E-state index < -0.39 is 5.97 Å². The summed E-state index contributed by atoms with van der Waals surface area (Å²) in [5, 5.41) is 5.32. The third-order valence-electron chi connectivity index (χ3n) is 3.96. The van der Waals surface area contributed by atoms with Crippen molar-refractivity contribution in [1.29, 1.82) is 0 Å². The number of imidazole rings is 1. The van der Waals surface area contributed by atoms with Gasteiger partial charge in [0.15, 0.2) is 5.65 Å². The molecule has 4 rings (SSSR count). The van der Waals surface area contributed by atoms with Gasteiger partial charge in [0.1, 0.15) is 20.7 Å². The molecule has 136 valence electrons. The molecule has 0 aliphatic heterocycles. The minimum atomic E-state index is -0.391. The van der Waals surface area contributed by atoms with E-state index in [0.29, 0.717) is 38.7 Å². The molecular weight excluding hydrogens is 384 g/mol. The molecule has 0 radical (unpaired) electrons. The number of ether oxygens (including phenoxy) is 1. The molecule has 0 aliphatic rings. The maximum absolute atomic E-state index is 12.5. The Hall–Kier alpha value is -2.77. The first-order valence-electron chi connectivity index (χ1n) is 8.34. The molecule has 0 spiro atoms. The number of thiazole rings is 1. The number of fused-ring (bicyclic) bond motifs is 1. The standard InChI is InChI=1S/C19H15ClN4O2S/c1-3-26-19(25)17-15(12-7-5-4-6-8-12)22-18(27-17)16-11(2)21-14-10-9-13(20)23-24(14)16/h4-10H,3H2,1-2H3. The molecule has 3 heterocycles. The van der Waals surface area contributed by atoms with Gasteiger partial charge < -0.3 is 4.74 Å². The molecule has 27 heavy (non-hydrogen) atoms. The van der Waals surface area contributed by atoms with Gasteiger partial charge in [0.25, 0.3) is 0 Å².